The molecule has 3 rings (SSSR count). The Morgan fingerprint density at radius 1 is 1.32 bits per heavy atom. The van der Waals surface area contributed by atoms with Crippen LogP contribution >= 0.6 is 11.3 Å². The second-order valence-corrected chi connectivity index (χ2v) is 5.22. The van der Waals surface area contributed by atoms with E-state index in [4.69, 9.17) is 0 Å². The van der Waals surface area contributed by atoms with Crippen LogP contribution in [0, 0.1) is 5.82 Å². The van der Waals surface area contributed by atoms with Crippen LogP contribution in [-0.4, -0.2) is 18.2 Å². The first-order valence-electron chi connectivity index (χ1n) is 5.85. The minimum absolute atomic E-state index is 0.121. The number of halogens is 1. The maximum absolute atomic E-state index is 13.2. The molecule has 1 aliphatic rings. The number of carbonyl (C=O) groups excluding carboxylic acids is 2. The molecule has 1 amide bonds. The van der Waals surface area contributed by atoms with Gasteiger partial charge in [-0.1, -0.05) is 6.07 Å². The maximum atomic E-state index is 13.2. The van der Waals surface area contributed by atoms with Gasteiger partial charge in [-0.15, -0.1) is 11.3 Å². The fraction of sp³-hybridized carbons (Fsp3) is 0.143. The van der Waals surface area contributed by atoms with E-state index in [0.717, 1.165) is 0 Å². The van der Waals surface area contributed by atoms with Crippen LogP contribution in [0.2, 0.25) is 0 Å². The molecule has 0 N–H and O–H groups in total. The number of benzene rings is 1. The number of hydrogen-bond donors (Lipinski definition) is 0. The SMILES string of the molecule is O=C1CCN(C(=O)c2cccs2)c2ccc(F)cc21. The highest BCUT2D eigenvalue weighted by Crippen LogP contribution is 2.29. The summed E-state index contributed by atoms with van der Waals surface area (Å²) in [6.07, 6.45) is 0.230. The molecule has 2 heterocycles. The van der Waals surface area contributed by atoms with Crippen LogP contribution in [0.3, 0.4) is 0 Å². The molecule has 0 radical (unpaired) electrons. The molecule has 19 heavy (non-hydrogen) atoms. The number of ketones is 1. The minimum atomic E-state index is -0.461. The summed E-state index contributed by atoms with van der Waals surface area (Å²) >= 11 is 1.35. The maximum Gasteiger partial charge on any atom is 0.268 e. The summed E-state index contributed by atoms with van der Waals surface area (Å²) < 4.78 is 13.2. The van der Waals surface area contributed by atoms with E-state index in [-0.39, 0.29) is 23.7 Å². The lowest BCUT2D eigenvalue weighted by Gasteiger charge is -2.28. The molecule has 3 nitrogen and oxygen atoms in total. The first-order chi connectivity index (χ1) is 9.16. The molecular weight excluding hydrogens is 265 g/mol. The number of nitrogens with zero attached hydrogens (tertiary/aromatic N) is 1. The molecule has 5 heteroatoms. The Hall–Kier alpha value is -2.01. The molecular formula is C14H10FNO2S. The highest BCUT2D eigenvalue weighted by atomic mass is 32.1. The summed E-state index contributed by atoms with van der Waals surface area (Å²) in [4.78, 5) is 26.3. The third-order valence-corrected chi connectivity index (χ3v) is 3.95. The first-order valence-corrected chi connectivity index (χ1v) is 6.73. The first kappa shape index (κ1) is 12.0. The average Bonchev–Trinajstić information content (AvgIpc) is 2.93. The molecule has 1 aliphatic heterocycles. The predicted octanol–water partition coefficient (Wildman–Crippen LogP) is 3.12. The zero-order valence-corrected chi connectivity index (χ0v) is 10.7. The highest BCUT2D eigenvalue weighted by molar-refractivity contribution is 7.12. The largest absolute Gasteiger partial charge is 0.306 e. The lowest BCUT2D eigenvalue weighted by atomic mass is 10.00. The number of amides is 1. The zero-order chi connectivity index (χ0) is 13.4. The van der Waals surface area contributed by atoms with Gasteiger partial charge in [0, 0.05) is 18.5 Å². The van der Waals surface area contributed by atoms with Crippen LogP contribution in [0.4, 0.5) is 10.1 Å². The van der Waals surface area contributed by atoms with Crippen LogP contribution in [-0.2, 0) is 0 Å². The summed E-state index contributed by atoms with van der Waals surface area (Å²) in [5.41, 5.74) is 0.784. The summed E-state index contributed by atoms with van der Waals surface area (Å²) in [6.45, 7) is 0.341. The van der Waals surface area contributed by atoms with E-state index in [0.29, 0.717) is 17.1 Å². The van der Waals surface area contributed by atoms with Crippen molar-refractivity contribution in [3.05, 3.63) is 52.0 Å². The van der Waals surface area contributed by atoms with E-state index in [9.17, 15) is 14.0 Å². The number of fused-ring (bicyclic) bond motifs is 1. The van der Waals surface area contributed by atoms with E-state index in [1.165, 1.54) is 29.5 Å². The molecule has 1 aromatic heterocycles. The van der Waals surface area contributed by atoms with Gasteiger partial charge in [0.25, 0.3) is 5.91 Å². The third kappa shape index (κ3) is 2.06. The van der Waals surface area contributed by atoms with Gasteiger partial charge in [-0.05, 0) is 29.6 Å². The van der Waals surface area contributed by atoms with Gasteiger partial charge in [0.15, 0.2) is 5.78 Å². The molecule has 0 saturated carbocycles. The van der Waals surface area contributed by atoms with Crippen molar-refractivity contribution < 1.29 is 14.0 Å². The van der Waals surface area contributed by atoms with E-state index in [2.05, 4.69) is 0 Å². The Morgan fingerprint density at radius 2 is 2.16 bits per heavy atom. The standard InChI is InChI=1S/C14H10FNO2S/c15-9-3-4-11-10(8-9)12(17)5-6-16(11)14(18)13-2-1-7-19-13/h1-4,7-8H,5-6H2. The molecule has 0 saturated heterocycles. The summed E-state index contributed by atoms with van der Waals surface area (Å²) in [7, 11) is 0. The van der Waals surface area contributed by atoms with Crippen LogP contribution < -0.4 is 4.90 Å². The Morgan fingerprint density at radius 3 is 2.89 bits per heavy atom. The molecule has 1 aromatic carbocycles. The van der Waals surface area contributed by atoms with E-state index in [1.807, 2.05) is 5.38 Å². The average molecular weight is 275 g/mol. The van der Waals surface area contributed by atoms with Gasteiger partial charge in [-0.25, -0.2) is 4.39 Å². The van der Waals surface area contributed by atoms with Crippen molar-refractivity contribution in [3.8, 4) is 0 Å². The quantitative estimate of drug-likeness (QED) is 0.802. The Labute approximate surface area is 113 Å². The van der Waals surface area contributed by atoms with Gasteiger partial charge in [0.1, 0.15) is 5.82 Å². The van der Waals surface area contributed by atoms with Crippen LogP contribution in [0.25, 0.3) is 0 Å². The molecule has 0 spiro atoms. The van der Waals surface area contributed by atoms with Crippen LogP contribution in [0.15, 0.2) is 35.7 Å². The molecule has 0 atom stereocenters. The van der Waals surface area contributed by atoms with E-state index in [1.54, 1.807) is 17.0 Å². The van der Waals surface area contributed by atoms with Gasteiger partial charge in [0.05, 0.1) is 10.6 Å². The summed E-state index contributed by atoms with van der Waals surface area (Å²) in [5.74, 6) is -0.724. The highest BCUT2D eigenvalue weighted by Gasteiger charge is 2.28. The van der Waals surface area contributed by atoms with Crippen molar-refractivity contribution in [3.63, 3.8) is 0 Å². The second-order valence-electron chi connectivity index (χ2n) is 4.27. The number of thiophene rings is 1. The fourth-order valence-corrected chi connectivity index (χ4v) is 2.85. The summed E-state index contributed by atoms with van der Waals surface area (Å²) in [6, 6.07) is 7.51. The number of rotatable bonds is 1. The van der Waals surface area contributed by atoms with Gasteiger partial charge in [-0.3, -0.25) is 9.59 Å². The monoisotopic (exact) mass is 275 g/mol. The van der Waals surface area contributed by atoms with Crippen molar-refractivity contribution >= 4 is 28.7 Å². The molecule has 0 fully saturated rings. The van der Waals surface area contributed by atoms with Crippen molar-refractivity contribution in [2.45, 2.75) is 6.42 Å². The minimum Gasteiger partial charge on any atom is -0.306 e. The van der Waals surface area contributed by atoms with Gasteiger partial charge >= 0.3 is 0 Å². The smallest absolute Gasteiger partial charge is 0.268 e. The van der Waals surface area contributed by atoms with Crippen LogP contribution in [0.5, 0.6) is 0 Å². The summed E-state index contributed by atoms with van der Waals surface area (Å²) in [5, 5.41) is 1.83. The Balaban J connectivity index is 2.04. The van der Waals surface area contributed by atoms with Gasteiger partial charge in [-0.2, -0.15) is 0 Å². The number of carbonyl (C=O) groups is 2. The Bertz CT molecular complexity index is 651. The number of hydrogen-bond acceptors (Lipinski definition) is 3. The van der Waals surface area contributed by atoms with E-state index < -0.39 is 5.82 Å². The van der Waals surface area contributed by atoms with Crippen molar-refractivity contribution in [2.24, 2.45) is 0 Å². The van der Waals surface area contributed by atoms with Gasteiger partial charge < -0.3 is 4.90 Å². The number of Topliss-reactive ketones (excluding diaryl/α,β-unsaturated/α-hetero) is 1. The zero-order valence-electron chi connectivity index (χ0n) is 9.93. The van der Waals surface area contributed by atoms with Crippen LogP contribution in [0.1, 0.15) is 26.5 Å². The lowest BCUT2D eigenvalue weighted by molar-refractivity contribution is 0.0956. The molecule has 0 bridgehead atoms. The van der Waals surface area contributed by atoms with Crippen molar-refractivity contribution in [1.29, 1.82) is 0 Å². The molecule has 0 aliphatic carbocycles. The second kappa shape index (κ2) is 4.59. The molecule has 2 aromatic rings. The number of anilines is 1. The predicted molar refractivity (Wildman–Crippen MR) is 71.3 cm³/mol. The Kier molecular flexibility index (Phi) is 2.91. The van der Waals surface area contributed by atoms with Gasteiger partial charge in [0.2, 0.25) is 0 Å². The van der Waals surface area contributed by atoms with Crippen molar-refractivity contribution in [1.82, 2.24) is 0 Å². The lowest BCUT2D eigenvalue weighted by Crippen LogP contribution is -2.37. The normalized spacial score (nSPS) is 14.4. The third-order valence-electron chi connectivity index (χ3n) is 3.09. The molecule has 0 unspecified atom stereocenters. The van der Waals surface area contributed by atoms with E-state index >= 15 is 0 Å². The fourth-order valence-electron chi connectivity index (χ4n) is 2.18. The van der Waals surface area contributed by atoms with Crippen molar-refractivity contribution in [2.75, 3.05) is 11.4 Å². The molecule has 96 valence electrons. The topological polar surface area (TPSA) is 37.4 Å².